The van der Waals surface area contributed by atoms with Crippen molar-refractivity contribution in [2.24, 2.45) is 4.99 Å². The predicted octanol–water partition coefficient (Wildman–Crippen LogP) is 2.78. The van der Waals surface area contributed by atoms with Gasteiger partial charge in [0.05, 0.1) is 10.7 Å². The fourth-order valence-electron chi connectivity index (χ4n) is 0.776. The van der Waals surface area contributed by atoms with E-state index in [-0.39, 0.29) is 0 Å². The van der Waals surface area contributed by atoms with E-state index >= 15 is 0 Å². The van der Waals surface area contributed by atoms with Crippen LogP contribution in [0.3, 0.4) is 0 Å². The summed E-state index contributed by atoms with van der Waals surface area (Å²) in [5.74, 6) is 1.01. The summed E-state index contributed by atoms with van der Waals surface area (Å²) < 4.78 is 0. The normalized spacial score (nSPS) is 21.2. The lowest BCUT2D eigenvalue weighted by molar-refractivity contribution is 1.35. The predicted molar refractivity (Wildman–Crippen MR) is 53.0 cm³/mol. The van der Waals surface area contributed by atoms with Gasteiger partial charge < -0.3 is 0 Å². The van der Waals surface area contributed by atoms with Crippen molar-refractivity contribution >= 4 is 16.8 Å². The molecule has 0 aromatic carbocycles. The summed E-state index contributed by atoms with van der Waals surface area (Å²) in [6, 6.07) is 0. The van der Waals surface area contributed by atoms with Crippen molar-refractivity contribution in [3.8, 4) is 0 Å². The highest BCUT2D eigenvalue weighted by atomic mass is 32.2. The summed E-state index contributed by atoms with van der Waals surface area (Å²) in [6.45, 7) is 5.61. The van der Waals surface area contributed by atoms with Crippen LogP contribution in [0.4, 0.5) is 0 Å². The highest BCUT2D eigenvalue weighted by Gasteiger charge is 2.04. The third-order valence-electron chi connectivity index (χ3n) is 1.27. The Kier molecular flexibility index (Phi) is 3.17. The van der Waals surface area contributed by atoms with E-state index in [0.29, 0.717) is 0 Å². The summed E-state index contributed by atoms with van der Waals surface area (Å²) in [5.41, 5.74) is 1.14. The minimum Gasteiger partial charge on any atom is -0.250 e. The van der Waals surface area contributed by atoms with Gasteiger partial charge in [-0.3, -0.25) is 4.99 Å². The molecule has 1 aliphatic heterocycles. The van der Waals surface area contributed by atoms with E-state index in [9.17, 15) is 0 Å². The summed E-state index contributed by atoms with van der Waals surface area (Å²) in [4.78, 5) is 4.32. The minimum atomic E-state index is 1.01. The molecule has 0 radical (unpaired) electrons. The zero-order valence-electron chi connectivity index (χ0n) is 6.58. The van der Waals surface area contributed by atoms with Crippen molar-refractivity contribution in [2.45, 2.75) is 6.92 Å². The van der Waals surface area contributed by atoms with Crippen molar-refractivity contribution in [2.75, 3.05) is 5.75 Å². The van der Waals surface area contributed by atoms with Crippen molar-refractivity contribution in [1.82, 2.24) is 0 Å². The Bertz CT molecular complexity index is 236. The number of hydrogen-bond acceptors (Lipinski definition) is 2. The van der Waals surface area contributed by atoms with Crippen LogP contribution in [0.5, 0.6) is 0 Å². The highest BCUT2D eigenvalue weighted by molar-refractivity contribution is 8.14. The van der Waals surface area contributed by atoms with Crippen LogP contribution in [0.25, 0.3) is 0 Å². The number of hydrogen-bond donors (Lipinski definition) is 0. The van der Waals surface area contributed by atoms with Gasteiger partial charge in [0.25, 0.3) is 0 Å². The van der Waals surface area contributed by atoms with Crippen molar-refractivity contribution in [3.63, 3.8) is 0 Å². The Morgan fingerprint density at radius 3 is 2.91 bits per heavy atom. The van der Waals surface area contributed by atoms with Gasteiger partial charge in [0.2, 0.25) is 0 Å². The topological polar surface area (TPSA) is 12.4 Å². The van der Waals surface area contributed by atoms with Crippen LogP contribution >= 0.6 is 11.8 Å². The zero-order chi connectivity index (χ0) is 8.10. The fraction of sp³-hybridized carbons (Fsp3) is 0.222. The van der Waals surface area contributed by atoms with E-state index in [1.807, 2.05) is 25.2 Å². The van der Waals surface area contributed by atoms with Gasteiger partial charge in [-0.25, -0.2) is 0 Å². The van der Waals surface area contributed by atoms with Crippen molar-refractivity contribution < 1.29 is 0 Å². The van der Waals surface area contributed by atoms with Gasteiger partial charge in [0, 0.05) is 5.75 Å². The molecule has 1 nitrogen and oxygen atoms in total. The Morgan fingerprint density at radius 1 is 1.55 bits per heavy atom. The van der Waals surface area contributed by atoms with Crippen molar-refractivity contribution in [1.29, 1.82) is 0 Å². The van der Waals surface area contributed by atoms with Gasteiger partial charge >= 0.3 is 0 Å². The molecular weight excluding hydrogens is 154 g/mol. The maximum atomic E-state index is 4.32. The van der Waals surface area contributed by atoms with E-state index in [1.54, 1.807) is 17.8 Å². The van der Waals surface area contributed by atoms with Crippen LogP contribution in [0, 0.1) is 0 Å². The fourth-order valence-corrected chi connectivity index (χ4v) is 1.48. The highest BCUT2D eigenvalue weighted by Crippen LogP contribution is 2.20. The third kappa shape index (κ3) is 2.76. The summed E-state index contributed by atoms with van der Waals surface area (Å²) in [5, 5.41) is 1.16. The lowest BCUT2D eigenvalue weighted by Gasteiger charge is -1.83. The van der Waals surface area contributed by atoms with Crippen LogP contribution < -0.4 is 0 Å². The Labute approximate surface area is 71.6 Å². The first-order chi connectivity index (χ1) is 5.33. The van der Waals surface area contributed by atoms with Gasteiger partial charge in [0.15, 0.2) is 0 Å². The molecule has 0 unspecified atom stereocenters. The smallest absolute Gasteiger partial charge is 0.0707 e. The number of allylic oxidation sites excluding steroid dienone is 4. The van der Waals surface area contributed by atoms with Crippen molar-refractivity contribution in [3.05, 3.63) is 36.6 Å². The van der Waals surface area contributed by atoms with Gasteiger partial charge in [-0.1, -0.05) is 24.8 Å². The lowest BCUT2D eigenvalue weighted by Crippen LogP contribution is -1.71. The Hall–Kier alpha value is -0.760. The van der Waals surface area contributed by atoms with Gasteiger partial charge in [-0.2, -0.15) is 0 Å². The SMILES string of the molecule is C=C/C=C\C=C1/CSC(C)=N1. The monoisotopic (exact) mass is 165 g/mol. The van der Waals surface area contributed by atoms with Gasteiger partial charge in [-0.05, 0) is 13.0 Å². The first kappa shape index (κ1) is 8.34. The Morgan fingerprint density at radius 2 is 2.36 bits per heavy atom. The largest absolute Gasteiger partial charge is 0.250 e. The van der Waals surface area contributed by atoms with Crippen LogP contribution in [0.15, 0.2) is 41.6 Å². The molecule has 0 bridgehead atoms. The molecule has 0 saturated carbocycles. The minimum absolute atomic E-state index is 1.01. The summed E-state index contributed by atoms with van der Waals surface area (Å²) in [6.07, 6.45) is 7.65. The molecule has 11 heavy (non-hydrogen) atoms. The van der Waals surface area contributed by atoms with Crippen LogP contribution in [-0.4, -0.2) is 10.8 Å². The van der Waals surface area contributed by atoms with Gasteiger partial charge in [-0.15, -0.1) is 11.8 Å². The molecule has 1 heterocycles. The molecule has 0 spiro atoms. The molecular formula is C9H11NS. The molecule has 0 N–H and O–H groups in total. The molecule has 0 atom stereocenters. The van der Waals surface area contributed by atoms with Crippen LogP contribution in [0.2, 0.25) is 0 Å². The third-order valence-corrected chi connectivity index (χ3v) is 2.21. The van der Waals surface area contributed by atoms with Crippen LogP contribution in [-0.2, 0) is 0 Å². The van der Waals surface area contributed by atoms with E-state index in [2.05, 4.69) is 11.6 Å². The summed E-state index contributed by atoms with van der Waals surface area (Å²) in [7, 11) is 0. The second-order valence-corrected chi connectivity index (χ2v) is 3.37. The number of thioether (sulfide) groups is 1. The second-order valence-electron chi connectivity index (χ2n) is 2.20. The van der Waals surface area contributed by atoms with E-state index in [0.717, 1.165) is 16.5 Å². The molecule has 1 aliphatic rings. The summed E-state index contributed by atoms with van der Waals surface area (Å²) >= 11 is 1.79. The molecule has 0 aromatic heterocycles. The average Bonchev–Trinajstić information content (AvgIpc) is 2.37. The lowest BCUT2D eigenvalue weighted by atomic mass is 10.4. The first-order valence-electron chi connectivity index (χ1n) is 3.49. The molecule has 1 rings (SSSR count). The van der Waals surface area contributed by atoms with E-state index < -0.39 is 0 Å². The quantitative estimate of drug-likeness (QED) is 0.573. The molecule has 0 aromatic rings. The Balaban J connectivity index is 2.55. The molecule has 0 fully saturated rings. The molecule has 0 aliphatic carbocycles. The molecule has 58 valence electrons. The number of nitrogens with zero attached hydrogens (tertiary/aromatic N) is 1. The maximum absolute atomic E-state index is 4.32. The molecule has 2 heteroatoms. The second kappa shape index (κ2) is 4.19. The maximum Gasteiger partial charge on any atom is 0.0707 e. The van der Waals surface area contributed by atoms with E-state index in [4.69, 9.17) is 0 Å². The molecule has 0 saturated heterocycles. The standard InChI is InChI=1S/C9H11NS/c1-3-4-5-6-9-7-11-8(2)10-9/h3-6H,1,7H2,2H3/b5-4-,9-6+. The number of rotatable bonds is 2. The van der Waals surface area contributed by atoms with E-state index in [1.165, 1.54) is 0 Å². The first-order valence-corrected chi connectivity index (χ1v) is 4.48. The van der Waals surface area contributed by atoms with Crippen LogP contribution in [0.1, 0.15) is 6.92 Å². The number of aliphatic imine (C=N–C) groups is 1. The van der Waals surface area contributed by atoms with Gasteiger partial charge in [0.1, 0.15) is 0 Å². The zero-order valence-corrected chi connectivity index (χ0v) is 7.40. The molecule has 0 amide bonds. The average molecular weight is 165 g/mol.